The standard InChI is InChI=1S/C15H19N3O2/c1-18-9-16-13-8-11(4-7-14(13)18)17-15(20)10-2-5-12(19)6-3-10/h4,7-10,12,19H,2-3,5-6H2,1H3,(H,17,20). The van der Waals surface area contributed by atoms with E-state index in [0.717, 1.165) is 42.4 Å². The minimum atomic E-state index is -0.232. The van der Waals surface area contributed by atoms with E-state index in [-0.39, 0.29) is 17.9 Å². The van der Waals surface area contributed by atoms with Crippen LogP contribution < -0.4 is 5.32 Å². The fourth-order valence-corrected chi connectivity index (χ4v) is 2.80. The number of benzene rings is 1. The molecule has 106 valence electrons. The molecule has 1 aromatic carbocycles. The summed E-state index contributed by atoms with van der Waals surface area (Å²) < 4.78 is 1.95. The van der Waals surface area contributed by atoms with Gasteiger partial charge in [0, 0.05) is 18.7 Å². The summed E-state index contributed by atoms with van der Waals surface area (Å²) in [6.45, 7) is 0. The second-order valence-corrected chi connectivity index (χ2v) is 5.55. The van der Waals surface area contributed by atoms with Gasteiger partial charge in [-0.3, -0.25) is 4.79 Å². The Kier molecular flexibility index (Phi) is 3.44. The zero-order valence-corrected chi connectivity index (χ0v) is 11.5. The van der Waals surface area contributed by atoms with Crippen molar-refractivity contribution >= 4 is 22.6 Å². The topological polar surface area (TPSA) is 67.2 Å². The van der Waals surface area contributed by atoms with Gasteiger partial charge >= 0.3 is 0 Å². The number of carbonyl (C=O) groups is 1. The van der Waals surface area contributed by atoms with Gasteiger partial charge in [-0.05, 0) is 43.9 Å². The number of rotatable bonds is 2. The Hall–Kier alpha value is -1.88. The lowest BCUT2D eigenvalue weighted by molar-refractivity contribution is -0.121. The van der Waals surface area contributed by atoms with E-state index in [4.69, 9.17) is 0 Å². The normalized spacial score (nSPS) is 22.9. The predicted octanol–water partition coefficient (Wildman–Crippen LogP) is 2.06. The van der Waals surface area contributed by atoms with Crippen LogP contribution in [0, 0.1) is 5.92 Å². The fraction of sp³-hybridized carbons (Fsp3) is 0.467. The van der Waals surface area contributed by atoms with Crippen LogP contribution in [0.1, 0.15) is 25.7 Å². The van der Waals surface area contributed by atoms with Crippen LogP contribution in [0.2, 0.25) is 0 Å². The largest absolute Gasteiger partial charge is 0.393 e. The third-order valence-electron chi connectivity index (χ3n) is 4.06. The molecule has 2 N–H and O–H groups in total. The maximum atomic E-state index is 12.2. The van der Waals surface area contributed by atoms with Gasteiger partial charge in [-0.15, -0.1) is 0 Å². The molecule has 2 aromatic rings. The molecular formula is C15H19N3O2. The monoisotopic (exact) mass is 273 g/mol. The van der Waals surface area contributed by atoms with Crippen LogP contribution in [-0.2, 0) is 11.8 Å². The van der Waals surface area contributed by atoms with Crippen LogP contribution in [0.5, 0.6) is 0 Å². The molecule has 3 rings (SSSR count). The van der Waals surface area contributed by atoms with E-state index >= 15 is 0 Å². The van der Waals surface area contributed by atoms with Crippen molar-refractivity contribution in [2.75, 3.05) is 5.32 Å². The van der Waals surface area contributed by atoms with Crippen LogP contribution in [-0.4, -0.2) is 26.7 Å². The van der Waals surface area contributed by atoms with Crippen molar-refractivity contribution in [2.24, 2.45) is 13.0 Å². The number of anilines is 1. The number of carbonyl (C=O) groups excluding carboxylic acids is 1. The number of fused-ring (bicyclic) bond motifs is 1. The first-order valence-electron chi connectivity index (χ1n) is 7.03. The summed E-state index contributed by atoms with van der Waals surface area (Å²) in [6.07, 6.45) is 4.49. The molecule has 0 saturated heterocycles. The quantitative estimate of drug-likeness (QED) is 0.880. The van der Waals surface area contributed by atoms with Crippen molar-refractivity contribution in [3.05, 3.63) is 24.5 Å². The molecule has 1 amide bonds. The van der Waals surface area contributed by atoms with Gasteiger partial charge in [-0.25, -0.2) is 4.98 Å². The van der Waals surface area contributed by atoms with Crippen molar-refractivity contribution in [1.82, 2.24) is 9.55 Å². The van der Waals surface area contributed by atoms with Gasteiger partial charge in [0.1, 0.15) is 0 Å². The van der Waals surface area contributed by atoms with Gasteiger partial charge in [0.15, 0.2) is 0 Å². The summed E-state index contributed by atoms with van der Waals surface area (Å²) in [5, 5.41) is 12.4. The summed E-state index contributed by atoms with van der Waals surface area (Å²) in [7, 11) is 1.95. The summed E-state index contributed by atoms with van der Waals surface area (Å²) in [4.78, 5) is 16.5. The molecule has 20 heavy (non-hydrogen) atoms. The molecule has 1 fully saturated rings. The number of aromatic nitrogens is 2. The number of imidazole rings is 1. The van der Waals surface area contributed by atoms with Crippen molar-refractivity contribution in [2.45, 2.75) is 31.8 Å². The summed E-state index contributed by atoms with van der Waals surface area (Å²) in [6, 6.07) is 5.76. The number of hydrogen-bond acceptors (Lipinski definition) is 3. The van der Waals surface area contributed by atoms with E-state index in [1.54, 1.807) is 6.33 Å². The number of nitrogens with one attached hydrogen (secondary N) is 1. The van der Waals surface area contributed by atoms with E-state index < -0.39 is 0 Å². The lowest BCUT2D eigenvalue weighted by Crippen LogP contribution is -2.28. The van der Waals surface area contributed by atoms with E-state index in [1.165, 1.54) is 0 Å². The predicted molar refractivity (Wildman–Crippen MR) is 77.3 cm³/mol. The minimum absolute atomic E-state index is 0.0119. The number of aryl methyl sites for hydroxylation is 1. The first-order valence-corrected chi connectivity index (χ1v) is 7.03. The van der Waals surface area contributed by atoms with Gasteiger partial charge in [0.2, 0.25) is 5.91 Å². The molecule has 1 saturated carbocycles. The number of amides is 1. The highest BCUT2D eigenvalue weighted by Crippen LogP contribution is 2.26. The van der Waals surface area contributed by atoms with Gasteiger partial charge in [-0.1, -0.05) is 0 Å². The Morgan fingerprint density at radius 3 is 2.85 bits per heavy atom. The Morgan fingerprint density at radius 1 is 1.35 bits per heavy atom. The highest BCUT2D eigenvalue weighted by molar-refractivity contribution is 5.94. The van der Waals surface area contributed by atoms with E-state index in [0.29, 0.717) is 0 Å². The number of aliphatic hydroxyl groups is 1. The smallest absolute Gasteiger partial charge is 0.227 e. The summed E-state index contributed by atoms with van der Waals surface area (Å²) >= 11 is 0. The average Bonchev–Trinajstić information content (AvgIpc) is 2.81. The maximum absolute atomic E-state index is 12.2. The lowest BCUT2D eigenvalue weighted by Gasteiger charge is -2.24. The summed E-state index contributed by atoms with van der Waals surface area (Å²) in [5.41, 5.74) is 2.71. The molecular weight excluding hydrogens is 254 g/mol. The Bertz CT molecular complexity index is 627. The van der Waals surface area contributed by atoms with Crippen LogP contribution in [0.15, 0.2) is 24.5 Å². The summed E-state index contributed by atoms with van der Waals surface area (Å²) in [5.74, 6) is 0.0602. The zero-order valence-electron chi connectivity index (χ0n) is 11.5. The molecule has 0 atom stereocenters. The Balaban J connectivity index is 1.70. The molecule has 0 radical (unpaired) electrons. The molecule has 0 unspecified atom stereocenters. The van der Waals surface area contributed by atoms with Crippen LogP contribution in [0.4, 0.5) is 5.69 Å². The van der Waals surface area contributed by atoms with Gasteiger partial charge in [0.05, 0.1) is 23.5 Å². The number of aliphatic hydroxyl groups excluding tert-OH is 1. The van der Waals surface area contributed by atoms with Crippen LogP contribution in [0.3, 0.4) is 0 Å². The molecule has 1 aliphatic carbocycles. The van der Waals surface area contributed by atoms with Crippen molar-refractivity contribution in [3.63, 3.8) is 0 Å². The second-order valence-electron chi connectivity index (χ2n) is 5.55. The molecule has 1 aliphatic rings. The van der Waals surface area contributed by atoms with Crippen molar-refractivity contribution in [3.8, 4) is 0 Å². The molecule has 1 heterocycles. The van der Waals surface area contributed by atoms with Gasteiger partial charge < -0.3 is 15.0 Å². The highest BCUT2D eigenvalue weighted by atomic mass is 16.3. The van der Waals surface area contributed by atoms with E-state index in [1.807, 2.05) is 29.8 Å². The van der Waals surface area contributed by atoms with Crippen LogP contribution in [0.25, 0.3) is 11.0 Å². The van der Waals surface area contributed by atoms with Gasteiger partial charge in [0.25, 0.3) is 0 Å². The van der Waals surface area contributed by atoms with E-state index in [2.05, 4.69) is 10.3 Å². The Morgan fingerprint density at radius 2 is 2.10 bits per heavy atom. The fourth-order valence-electron chi connectivity index (χ4n) is 2.80. The maximum Gasteiger partial charge on any atom is 0.227 e. The average molecular weight is 273 g/mol. The van der Waals surface area contributed by atoms with Crippen molar-refractivity contribution in [1.29, 1.82) is 0 Å². The molecule has 0 spiro atoms. The SMILES string of the molecule is Cn1cnc2cc(NC(=O)C3CCC(O)CC3)ccc21. The number of hydrogen-bond donors (Lipinski definition) is 2. The second kappa shape index (κ2) is 5.25. The first-order chi connectivity index (χ1) is 9.63. The molecule has 0 aliphatic heterocycles. The zero-order chi connectivity index (χ0) is 14.1. The third kappa shape index (κ3) is 2.54. The molecule has 5 nitrogen and oxygen atoms in total. The third-order valence-corrected chi connectivity index (χ3v) is 4.06. The van der Waals surface area contributed by atoms with E-state index in [9.17, 15) is 9.90 Å². The molecule has 5 heteroatoms. The molecule has 0 bridgehead atoms. The van der Waals surface area contributed by atoms with Crippen LogP contribution >= 0.6 is 0 Å². The van der Waals surface area contributed by atoms with Crippen molar-refractivity contribution < 1.29 is 9.90 Å². The minimum Gasteiger partial charge on any atom is -0.393 e. The molecule has 1 aromatic heterocycles. The highest BCUT2D eigenvalue weighted by Gasteiger charge is 2.25. The van der Waals surface area contributed by atoms with Gasteiger partial charge in [-0.2, -0.15) is 0 Å². The lowest BCUT2D eigenvalue weighted by atomic mass is 9.87. The Labute approximate surface area is 117 Å². The first kappa shape index (κ1) is 13.1. The number of nitrogens with zero attached hydrogens (tertiary/aromatic N) is 2.